The number of halogens is 1. The molecule has 5 heteroatoms. The summed E-state index contributed by atoms with van der Waals surface area (Å²) in [5, 5.41) is 1.77. The van der Waals surface area contributed by atoms with Gasteiger partial charge in [0, 0.05) is 11.4 Å². The molecule has 0 saturated heterocycles. The Labute approximate surface area is 121 Å². The van der Waals surface area contributed by atoms with Crippen LogP contribution in [0.2, 0.25) is 5.02 Å². The van der Waals surface area contributed by atoms with Crippen molar-refractivity contribution in [1.29, 1.82) is 0 Å². The van der Waals surface area contributed by atoms with Crippen LogP contribution >= 0.6 is 35.2 Å². The highest BCUT2D eigenvalue weighted by molar-refractivity contribution is 7.81. The molecule has 0 amide bonds. The number of nitrogens with zero attached hydrogens (tertiary/aromatic N) is 1. The first-order valence-electron chi connectivity index (χ1n) is 5.63. The molecule has 0 saturated carbocycles. The lowest BCUT2D eigenvalue weighted by Gasteiger charge is -1.98. The molecule has 0 aliphatic carbocycles. The number of hydrogen-bond acceptors (Lipinski definition) is 3. The van der Waals surface area contributed by atoms with E-state index in [0.717, 1.165) is 39.0 Å². The van der Waals surface area contributed by atoms with Crippen LogP contribution in [0.25, 0.3) is 0 Å². The van der Waals surface area contributed by atoms with Crippen LogP contribution in [-0.4, -0.2) is 9.97 Å². The highest BCUT2D eigenvalue weighted by Crippen LogP contribution is 2.22. The van der Waals surface area contributed by atoms with Crippen LogP contribution in [-0.2, 0) is 12.8 Å². The topological polar surface area (TPSA) is 38.9 Å². The fourth-order valence-corrected chi connectivity index (χ4v) is 3.22. The van der Waals surface area contributed by atoms with Gasteiger partial charge >= 0.3 is 0 Å². The van der Waals surface area contributed by atoms with E-state index >= 15 is 0 Å². The van der Waals surface area contributed by atoms with Gasteiger partial charge in [-0.2, -0.15) is 0 Å². The summed E-state index contributed by atoms with van der Waals surface area (Å²) in [4.78, 5) is 5.95. The van der Waals surface area contributed by atoms with Gasteiger partial charge in [-0.05, 0) is 24.1 Å². The van der Waals surface area contributed by atoms with Gasteiger partial charge in [-0.3, -0.25) is 0 Å². The van der Waals surface area contributed by atoms with E-state index in [1.54, 1.807) is 11.3 Å². The number of aromatic nitrogens is 1. The normalized spacial score (nSPS) is 10.6. The van der Waals surface area contributed by atoms with Crippen molar-refractivity contribution in [1.82, 2.24) is 4.98 Å². The van der Waals surface area contributed by atoms with Crippen LogP contribution in [0, 0.1) is 0 Å². The smallest absolute Gasteiger partial charge is 0.116 e. The predicted molar refractivity (Wildman–Crippen MR) is 81.6 cm³/mol. The van der Waals surface area contributed by atoms with Gasteiger partial charge in [0.15, 0.2) is 0 Å². The minimum atomic E-state index is 0.432. The van der Waals surface area contributed by atoms with Crippen LogP contribution in [0.5, 0.6) is 0 Å². The molecular formula is C13H13ClN2S2. The highest BCUT2D eigenvalue weighted by Gasteiger charge is 2.12. The fraction of sp³-hybridized carbons (Fsp3) is 0.231. The molecule has 94 valence electrons. The predicted octanol–water partition coefficient (Wildman–Crippen LogP) is 3.58. The van der Waals surface area contributed by atoms with E-state index in [2.05, 4.69) is 11.9 Å². The summed E-state index contributed by atoms with van der Waals surface area (Å²) in [5.74, 6) is 0. The molecule has 1 aromatic carbocycles. The van der Waals surface area contributed by atoms with Crippen LogP contribution in [0.15, 0.2) is 24.3 Å². The van der Waals surface area contributed by atoms with Crippen molar-refractivity contribution in [3.63, 3.8) is 0 Å². The molecule has 2 N–H and O–H groups in total. The third kappa shape index (κ3) is 3.07. The molecule has 1 aromatic heterocycles. The van der Waals surface area contributed by atoms with Crippen LogP contribution in [0.3, 0.4) is 0 Å². The fourth-order valence-electron chi connectivity index (χ4n) is 1.73. The quantitative estimate of drug-likeness (QED) is 0.877. The molecule has 0 fully saturated rings. The number of thiocarbonyl (C=S) groups is 1. The zero-order chi connectivity index (χ0) is 13.1. The maximum atomic E-state index is 5.97. The SMILES string of the molecule is CCc1nc(Cc2cccc(Cl)c2)sc1C(N)=S. The summed E-state index contributed by atoms with van der Waals surface area (Å²) >= 11 is 12.6. The van der Waals surface area contributed by atoms with Crippen molar-refractivity contribution >= 4 is 40.1 Å². The monoisotopic (exact) mass is 296 g/mol. The van der Waals surface area contributed by atoms with Crippen LogP contribution in [0.4, 0.5) is 0 Å². The van der Waals surface area contributed by atoms with Crippen LogP contribution in [0.1, 0.15) is 28.1 Å². The minimum Gasteiger partial charge on any atom is -0.389 e. The van der Waals surface area contributed by atoms with Crippen molar-refractivity contribution in [3.05, 3.63) is 50.4 Å². The molecule has 0 spiro atoms. The average molecular weight is 297 g/mol. The minimum absolute atomic E-state index is 0.432. The van der Waals surface area contributed by atoms with Gasteiger partial charge in [0.25, 0.3) is 0 Å². The summed E-state index contributed by atoms with van der Waals surface area (Å²) < 4.78 is 0. The second-order valence-corrected chi connectivity index (χ2v) is 5.87. The Bertz CT molecular complexity index is 578. The third-order valence-electron chi connectivity index (χ3n) is 2.54. The largest absolute Gasteiger partial charge is 0.389 e. The summed E-state index contributed by atoms with van der Waals surface area (Å²) in [6, 6.07) is 7.81. The van der Waals surface area contributed by atoms with Gasteiger partial charge in [0.05, 0.1) is 15.6 Å². The summed E-state index contributed by atoms with van der Waals surface area (Å²) in [6.45, 7) is 2.06. The van der Waals surface area contributed by atoms with Gasteiger partial charge in [0.2, 0.25) is 0 Å². The zero-order valence-corrected chi connectivity index (χ0v) is 12.3. The lowest BCUT2D eigenvalue weighted by Crippen LogP contribution is -2.09. The van der Waals surface area contributed by atoms with Crippen molar-refractivity contribution in [2.75, 3.05) is 0 Å². The molecule has 2 rings (SSSR count). The number of rotatable bonds is 4. The second-order valence-electron chi connectivity index (χ2n) is 3.91. The maximum absolute atomic E-state index is 5.97. The zero-order valence-electron chi connectivity index (χ0n) is 9.94. The van der Waals surface area contributed by atoms with E-state index in [-0.39, 0.29) is 0 Å². The van der Waals surface area contributed by atoms with E-state index in [4.69, 9.17) is 29.6 Å². The molecule has 1 heterocycles. The van der Waals surface area contributed by atoms with E-state index < -0.39 is 0 Å². The van der Waals surface area contributed by atoms with E-state index in [9.17, 15) is 0 Å². The molecule has 2 aromatic rings. The van der Waals surface area contributed by atoms with Crippen molar-refractivity contribution in [3.8, 4) is 0 Å². The number of hydrogen-bond donors (Lipinski definition) is 1. The first kappa shape index (κ1) is 13.5. The standard InChI is InChI=1S/C13H13ClN2S2/c1-2-10-12(13(15)17)18-11(16-10)7-8-4-3-5-9(14)6-8/h3-6H,2,7H2,1H3,(H2,15,17). The van der Waals surface area contributed by atoms with E-state index in [0.29, 0.717) is 4.99 Å². The summed E-state index contributed by atoms with van der Waals surface area (Å²) in [5.41, 5.74) is 7.84. The average Bonchev–Trinajstić information content (AvgIpc) is 2.72. The molecule has 0 radical (unpaired) electrons. The first-order chi connectivity index (χ1) is 8.60. The second kappa shape index (κ2) is 5.78. The van der Waals surface area contributed by atoms with Gasteiger partial charge in [-0.25, -0.2) is 4.98 Å². The Kier molecular flexibility index (Phi) is 4.32. The number of nitrogens with two attached hydrogens (primary N) is 1. The van der Waals surface area contributed by atoms with Gasteiger partial charge in [0.1, 0.15) is 4.99 Å². The van der Waals surface area contributed by atoms with Gasteiger partial charge in [-0.1, -0.05) is 42.9 Å². The molecular weight excluding hydrogens is 284 g/mol. The third-order valence-corrected chi connectivity index (χ3v) is 4.24. The molecule has 0 aliphatic heterocycles. The molecule has 2 nitrogen and oxygen atoms in total. The van der Waals surface area contributed by atoms with Crippen molar-refractivity contribution in [2.45, 2.75) is 19.8 Å². The summed E-state index contributed by atoms with van der Waals surface area (Å²) in [6.07, 6.45) is 1.61. The molecule has 0 bridgehead atoms. The Morgan fingerprint density at radius 3 is 2.83 bits per heavy atom. The Morgan fingerprint density at radius 2 is 2.28 bits per heavy atom. The van der Waals surface area contributed by atoms with E-state index in [1.807, 2.05) is 24.3 Å². The van der Waals surface area contributed by atoms with E-state index in [1.165, 1.54) is 0 Å². The Balaban J connectivity index is 2.27. The first-order valence-corrected chi connectivity index (χ1v) is 7.23. The van der Waals surface area contributed by atoms with Crippen molar-refractivity contribution in [2.24, 2.45) is 5.73 Å². The van der Waals surface area contributed by atoms with Crippen molar-refractivity contribution < 1.29 is 0 Å². The number of thiazole rings is 1. The molecule has 18 heavy (non-hydrogen) atoms. The maximum Gasteiger partial charge on any atom is 0.116 e. The number of benzene rings is 1. The molecule has 0 atom stereocenters. The Hall–Kier alpha value is -0.970. The molecule has 0 unspecified atom stereocenters. The van der Waals surface area contributed by atoms with Gasteiger partial charge in [-0.15, -0.1) is 11.3 Å². The van der Waals surface area contributed by atoms with Crippen LogP contribution < -0.4 is 5.73 Å². The summed E-state index contributed by atoms with van der Waals surface area (Å²) in [7, 11) is 0. The lowest BCUT2D eigenvalue weighted by molar-refractivity contribution is 1.01. The lowest BCUT2D eigenvalue weighted by atomic mass is 10.2. The molecule has 0 aliphatic rings. The Morgan fingerprint density at radius 1 is 1.50 bits per heavy atom. The van der Waals surface area contributed by atoms with Gasteiger partial charge < -0.3 is 5.73 Å². The highest BCUT2D eigenvalue weighted by atomic mass is 35.5. The number of aryl methyl sites for hydroxylation is 1.